The molecule has 0 saturated heterocycles. The quantitative estimate of drug-likeness (QED) is 0.429. The van der Waals surface area contributed by atoms with E-state index >= 15 is 0 Å². The van der Waals surface area contributed by atoms with E-state index in [0.29, 0.717) is 0 Å². The van der Waals surface area contributed by atoms with Gasteiger partial charge in [-0.2, -0.15) is 35.9 Å². The third-order valence-electron chi connectivity index (χ3n) is 0.865. The van der Waals surface area contributed by atoms with Crippen LogP contribution < -0.4 is 0 Å². The molecule has 0 heterocycles. The fraction of sp³-hybridized carbons (Fsp3) is 0.250. The smallest absolute Gasteiger partial charge is 0.400 e. The fourth-order valence-corrected chi connectivity index (χ4v) is 0.483. The Balaban J connectivity index is 0. The maximum atomic E-state index is 7.00. The molecule has 0 aliphatic carbocycles. The number of hydrogen-bond acceptors (Lipinski definition) is 1. The average molecular weight is 147 g/mol. The summed E-state index contributed by atoms with van der Waals surface area (Å²) in [7, 11) is 1.00. The first-order valence-electron chi connectivity index (χ1n) is 2.77. The Morgan fingerprint density at radius 1 is 1.30 bits per heavy atom. The molecule has 50 valence electrons. The van der Waals surface area contributed by atoms with Crippen molar-refractivity contribution in [2.24, 2.45) is 0 Å². The standard InChI is InChI=1S/C7H7.CH4O.Mg/c1-7-5-3-2-4-6-7;1-2;/h2-5H,1H3;2H,1H3;/q-1;;+2. The zero-order chi connectivity index (χ0) is 7.11. The van der Waals surface area contributed by atoms with Gasteiger partial charge in [-0.05, 0) is 0 Å². The molecule has 0 spiro atoms. The predicted octanol–water partition coefficient (Wildman–Crippen LogP) is 1.02. The first-order valence-corrected chi connectivity index (χ1v) is 2.77. The molecule has 1 aromatic carbocycles. The summed E-state index contributed by atoms with van der Waals surface area (Å²) in [4.78, 5) is 0. The van der Waals surface area contributed by atoms with Crippen molar-refractivity contribution < 1.29 is 5.11 Å². The van der Waals surface area contributed by atoms with Crippen LogP contribution in [0.15, 0.2) is 24.3 Å². The van der Waals surface area contributed by atoms with Gasteiger partial charge < -0.3 is 5.11 Å². The van der Waals surface area contributed by atoms with Crippen LogP contribution >= 0.6 is 0 Å². The Morgan fingerprint density at radius 2 is 1.90 bits per heavy atom. The van der Waals surface area contributed by atoms with Gasteiger partial charge in [0.1, 0.15) is 0 Å². The predicted molar refractivity (Wildman–Crippen MR) is 43.9 cm³/mol. The molecular weight excluding hydrogens is 136 g/mol. The molecule has 0 saturated carbocycles. The summed E-state index contributed by atoms with van der Waals surface area (Å²) >= 11 is 0. The second-order valence-electron chi connectivity index (χ2n) is 1.55. The minimum atomic E-state index is 0. The minimum Gasteiger partial charge on any atom is -0.400 e. The molecule has 1 aromatic rings. The van der Waals surface area contributed by atoms with Crippen LogP contribution in [0.25, 0.3) is 0 Å². The molecule has 0 radical (unpaired) electrons. The van der Waals surface area contributed by atoms with Crippen molar-refractivity contribution in [3.05, 3.63) is 35.9 Å². The number of hydrogen-bond donors (Lipinski definition) is 1. The van der Waals surface area contributed by atoms with Crippen molar-refractivity contribution in [2.45, 2.75) is 6.92 Å². The number of aliphatic hydroxyl groups excluding tert-OH is 1. The molecule has 0 bridgehead atoms. The summed E-state index contributed by atoms with van der Waals surface area (Å²) in [6.45, 7) is 2.03. The van der Waals surface area contributed by atoms with E-state index in [-0.39, 0.29) is 23.1 Å². The van der Waals surface area contributed by atoms with Gasteiger partial charge >= 0.3 is 23.1 Å². The number of aryl methyl sites for hydroxylation is 1. The molecule has 0 amide bonds. The van der Waals surface area contributed by atoms with E-state index in [0.717, 1.165) is 7.11 Å². The molecular formula is C8H11MgO+. The number of aliphatic hydroxyl groups is 1. The van der Waals surface area contributed by atoms with E-state index in [1.54, 1.807) is 0 Å². The molecule has 1 nitrogen and oxygen atoms in total. The molecule has 1 N–H and O–H groups in total. The SMILES string of the molecule is CO.Cc1[c-]cccc1.[Mg+2]. The van der Waals surface area contributed by atoms with Gasteiger partial charge in [0.05, 0.1) is 0 Å². The maximum absolute atomic E-state index is 7.00. The molecule has 0 aromatic heterocycles. The van der Waals surface area contributed by atoms with E-state index in [1.165, 1.54) is 5.56 Å². The fourth-order valence-electron chi connectivity index (χ4n) is 0.483. The van der Waals surface area contributed by atoms with Crippen molar-refractivity contribution in [3.8, 4) is 0 Å². The number of rotatable bonds is 0. The molecule has 10 heavy (non-hydrogen) atoms. The van der Waals surface area contributed by atoms with Gasteiger partial charge in [0.25, 0.3) is 0 Å². The number of benzene rings is 1. The van der Waals surface area contributed by atoms with Crippen LogP contribution in [0.5, 0.6) is 0 Å². The largest absolute Gasteiger partial charge is 2.00 e. The Hall–Kier alpha value is -0.0538. The van der Waals surface area contributed by atoms with Crippen molar-refractivity contribution in [2.75, 3.05) is 7.11 Å². The van der Waals surface area contributed by atoms with Gasteiger partial charge in [-0.1, -0.05) is 6.92 Å². The molecule has 0 unspecified atom stereocenters. The van der Waals surface area contributed by atoms with Crippen LogP contribution in [0, 0.1) is 13.0 Å². The monoisotopic (exact) mass is 147 g/mol. The molecule has 0 fully saturated rings. The van der Waals surface area contributed by atoms with Crippen LogP contribution in [0.1, 0.15) is 5.56 Å². The van der Waals surface area contributed by atoms with E-state index in [9.17, 15) is 0 Å². The van der Waals surface area contributed by atoms with Crippen LogP contribution in [0.2, 0.25) is 0 Å². The first kappa shape index (κ1) is 12.6. The van der Waals surface area contributed by atoms with Crippen LogP contribution in [0.4, 0.5) is 0 Å². The van der Waals surface area contributed by atoms with Gasteiger partial charge in [-0.3, -0.25) is 0 Å². The third-order valence-corrected chi connectivity index (χ3v) is 0.865. The first-order chi connectivity index (χ1) is 4.39. The normalized spacial score (nSPS) is 6.70. The average Bonchev–Trinajstić information content (AvgIpc) is 1.94. The summed E-state index contributed by atoms with van der Waals surface area (Å²) in [5, 5.41) is 7.00. The van der Waals surface area contributed by atoms with Gasteiger partial charge in [-0.25, -0.2) is 0 Å². The molecule has 0 aliphatic heterocycles. The van der Waals surface area contributed by atoms with Crippen molar-refractivity contribution in [1.29, 1.82) is 0 Å². The second kappa shape index (κ2) is 8.95. The Labute approximate surface area is 78.2 Å². The van der Waals surface area contributed by atoms with E-state index in [2.05, 4.69) is 6.07 Å². The van der Waals surface area contributed by atoms with Crippen LogP contribution in [-0.2, 0) is 0 Å². The van der Waals surface area contributed by atoms with Crippen molar-refractivity contribution in [3.63, 3.8) is 0 Å². The van der Waals surface area contributed by atoms with Crippen molar-refractivity contribution >= 4 is 23.1 Å². The van der Waals surface area contributed by atoms with E-state index < -0.39 is 0 Å². The van der Waals surface area contributed by atoms with Crippen LogP contribution in [0.3, 0.4) is 0 Å². The van der Waals surface area contributed by atoms with Gasteiger partial charge in [0, 0.05) is 7.11 Å². The third kappa shape index (κ3) is 6.07. The second-order valence-corrected chi connectivity index (χ2v) is 1.55. The van der Waals surface area contributed by atoms with Gasteiger partial charge in [-0.15, -0.1) is 0 Å². The zero-order valence-electron chi connectivity index (χ0n) is 6.46. The van der Waals surface area contributed by atoms with E-state index in [4.69, 9.17) is 5.11 Å². The summed E-state index contributed by atoms with van der Waals surface area (Å²) in [5.74, 6) is 0. The maximum Gasteiger partial charge on any atom is 2.00 e. The summed E-state index contributed by atoms with van der Waals surface area (Å²) < 4.78 is 0. The van der Waals surface area contributed by atoms with Crippen LogP contribution in [-0.4, -0.2) is 35.3 Å². The Kier molecular flexibility index (Phi) is 11.3. The minimum absolute atomic E-state index is 0. The Morgan fingerprint density at radius 3 is 2.10 bits per heavy atom. The van der Waals surface area contributed by atoms with Gasteiger partial charge in [0.15, 0.2) is 0 Å². The molecule has 0 aliphatic rings. The zero-order valence-corrected chi connectivity index (χ0v) is 7.88. The topological polar surface area (TPSA) is 20.2 Å². The molecule has 0 atom stereocenters. The van der Waals surface area contributed by atoms with Gasteiger partial charge in [0.2, 0.25) is 0 Å². The summed E-state index contributed by atoms with van der Waals surface area (Å²) in [6, 6.07) is 10.9. The molecule has 1 rings (SSSR count). The van der Waals surface area contributed by atoms with E-state index in [1.807, 2.05) is 31.2 Å². The summed E-state index contributed by atoms with van der Waals surface area (Å²) in [5.41, 5.74) is 1.20. The summed E-state index contributed by atoms with van der Waals surface area (Å²) in [6.07, 6.45) is 0. The van der Waals surface area contributed by atoms with Crippen molar-refractivity contribution in [1.82, 2.24) is 0 Å². The molecule has 2 heteroatoms. The Bertz CT molecular complexity index is 139.